The first kappa shape index (κ1) is 15.6. The maximum atomic E-state index is 5.99. The first-order chi connectivity index (χ1) is 10.1. The number of anilines is 1. The zero-order valence-electron chi connectivity index (χ0n) is 13.6. The fourth-order valence-electron chi connectivity index (χ4n) is 2.41. The molecule has 1 aromatic carbocycles. The summed E-state index contributed by atoms with van der Waals surface area (Å²) in [6.45, 7) is 12.0. The molecule has 0 radical (unpaired) electrons. The fourth-order valence-corrected chi connectivity index (χ4v) is 2.41. The van der Waals surface area contributed by atoms with Crippen LogP contribution in [0.5, 0.6) is 0 Å². The zero-order chi connectivity index (χ0) is 15.2. The highest BCUT2D eigenvalue weighted by molar-refractivity contribution is 5.47. The van der Waals surface area contributed by atoms with E-state index in [-0.39, 0.29) is 0 Å². The van der Waals surface area contributed by atoms with Gasteiger partial charge in [0.25, 0.3) is 0 Å². The first-order valence-electron chi connectivity index (χ1n) is 7.74. The Hall–Kier alpha value is -1.74. The predicted molar refractivity (Wildman–Crippen MR) is 88.7 cm³/mol. The Balaban J connectivity index is 2.09. The van der Waals surface area contributed by atoms with Gasteiger partial charge in [0.1, 0.15) is 11.5 Å². The molecule has 0 spiro atoms. The van der Waals surface area contributed by atoms with Gasteiger partial charge >= 0.3 is 0 Å². The summed E-state index contributed by atoms with van der Waals surface area (Å²) in [5, 5.41) is 3.32. The van der Waals surface area contributed by atoms with Gasteiger partial charge in [-0.05, 0) is 51.1 Å². The average molecular weight is 286 g/mol. The van der Waals surface area contributed by atoms with Crippen LogP contribution >= 0.6 is 0 Å². The fraction of sp³-hybridized carbons (Fsp3) is 0.444. The molecule has 2 aromatic rings. The van der Waals surface area contributed by atoms with Crippen LogP contribution in [0.25, 0.3) is 0 Å². The van der Waals surface area contributed by atoms with Crippen molar-refractivity contribution in [3.8, 4) is 0 Å². The SMILES string of the molecule is CCNCc1oc(CN(CC)c2ccc(C)cc2)cc1C. The summed E-state index contributed by atoms with van der Waals surface area (Å²) in [5.74, 6) is 2.08. The van der Waals surface area contributed by atoms with Crippen LogP contribution in [0.2, 0.25) is 0 Å². The Bertz CT molecular complexity index is 557. The van der Waals surface area contributed by atoms with Crippen molar-refractivity contribution in [2.24, 2.45) is 0 Å². The molecular weight excluding hydrogens is 260 g/mol. The summed E-state index contributed by atoms with van der Waals surface area (Å²) in [5.41, 5.74) is 3.76. The Kier molecular flexibility index (Phi) is 5.45. The number of aryl methyl sites for hydroxylation is 2. The lowest BCUT2D eigenvalue weighted by Gasteiger charge is -2.22. The number of furan rings is 1. The van der Waals surface area contributed by atoms with E-state index in [1.165, 1.54) is 16.8 Å². The second-order valence-electron chi connectivity index (χ2n) is 5.45. The van der Waals surface area contributed by atoms with Crippen LogP contribution < -0.4 is 10.2 Å². The van der Waals surface area contributed by atoms with Crippen molar-refractivity contribution >= 4 is 5.69 Å². The second kappa shape index (κ2) is 7.32. The van der Waals surface area contributed by atoms with Crippen LogP contribution in [0.3, 0.4) is 0 Å². The molecule has 0 saturated carbocycles. The smallest absolute Gasteiger partial charge is 0.123 e. The van der Waals surface area contributed by atoms with E-state index in [0.29, 0.717) is 0 Å². The van der Waals surface area contributed by atoms with Gasteiger partial charge in [-0.15, -0.1) is 0 Å². The van der Waals surface area contributed by atoms with E-state index < -0.39 is 0 Å². The molecule has 1 aromatic heterocycles. The Morgan fingerprint density at radius 1 is 1.10 bits per heavy atom. The quantitative estimate of drug-likeness (QED) is 0.833. The topological polar surface area (TPSA) is 28.4 Å². The molecule has 0 aliphatic carbocycles. The highest BCUT2D eigenvalue weighted by Gasteiger charge is 2.11. The molecular formula is C18H26N2O. The molecule has 21 heavy (non-hydrogen) atoms. The molecule has 0 aliphatic heterocycles. The molecule has 0 atom stereocenters. The van der Waals surface area contributed by atoms with Gasteiger partial charge in [0.15, 0.2) is 0 Å². The van der Waals surface area contributed by atoms with E-state index in [9.17, 15) is 0 Å². The number of nitrogens with one attached hydrogen (secondary N) is 1. The maximum absolute atomic E-state index is 5.99. The summed E-state index contributed by atoms with van der Waals surface area (Å²) < 4.78 is 5.99. The Morgan fingerprint density at radius 2 is 1.81 bits per heavy atom. The van der Waals surface area contributed by atoms with Crippen LogP contribution in [0, 0.1) is 13.8 Å². The van der Waals surface area contributed by atoms with Gasteiger partial charge < -0.3 is 14.6 Å². The van der Waals surface area contributed by atoms with E-state index in [2.05, 4.69) is 68.2 Å². The molecule has 114 valence electrons. The maximum Gasteiger partial charge on any atom is 0.123 e. The van der Waals surface area contributed by atoms with Crippen LogP contribution in [0.15, 0.2) is 34.7 Å². The third-order valence-corrected chi connectivity index (χ3v) is 3.73. The van der Waals surface area contributed by atoms with Gasteiger partial charge in [-0.25, -0.2) is 0 Å². The van der Waals surface area contributed by atoms with Crippen molar-refractivity contribution in [2.45, 2.75) is 40.8 Å². The van der Waals surface area contributed by atoms with Crippen molar-refractivity contribution in [2.75, 3.05) is 18.0 Å². The molecule has 0 fully saturated rings. The van der Waals surface area contributed by atoms with Gasteiger partial charge in [-0.3, -0.25) is 0 Å². The normalized spacial score (nSPS) is 10.9. The highest BCUT2D eigenvalue weighted by atomic mass is 16.3. The minimum Gasteiger partial charge on any atom is -0.463 e. The first-order valence-corrected chi connectivity index (χ1v) is 7.74. The molecule has 0 aliphatic rings. The molecule has 0 bridgehead atoms. The standard InChI is InChI=1S/C18H26N2O/c1-5-19-12-18-15(4)11-17(21-18)13-20(6-2)16-9-7-14(3)8-10-16/h7-11,19H,5-6,12-13H2,1-4H3. The van der Waals surface area contributed by atoms with E-state index in [1.807, 2.05) is 0 Å². The van der Waals surface area contributed by atoms with E-state index in [1.54, 1.807) is 0 Å². The minimum absolute atomic E-state index is 0.805. The second-order valence-corrected chi connectivity index (χ2v) is 5.45. The summed E-state index contributed by atoms with van der Waals surface area (Å²) in [7, 11) is 0. The van der Waals surface area contributed by atoms with Gasteiger partial charge in [-0.1, -0.05) is 24.6 Å². The summed E-state index contributed by atoms with van der Waals surface area (Å²) in [6.07, 6.45) is 0. The third kappa shape index (κ3) is 4.11. The van der Waals surface area contributed by atoms with Crippen LogP contribution in [-0.2, 0) is 13.1 Å². The summed E-state index contributed by atoms with van der Waals surface area (Å²) >= 11 is 0. The van der Waals surface area contributed by atoms with Gasteiger partial charge in [-0.2, -0.15) is 0 Å². The Morgan fingerprint density at radius 3 is 2.43 bits per heavy atom. The molecule has 3 heteroatoms. The number of hydrogen-bond donors (Lipinski definition) is 1. The van der Waals surface area contributed by atoms with Crippen LogP contribution in [0.4, 0.5) is 5.69 Å². The van der Waals surface area contributed by atoms with Crippen LogP contribution in [-0.4, -0.2) is 13.1 Å². The number of nitrogens with zero attached hydrogens (tertiary/aromatic N) is 1. The molecule has 1 heterocycles. The van der Waals surface area contributed by atoms with Gasteiger partial charge in [0.2, 0.25) is 0 Å². The number of rotatable bonds is 7. The predicted octanol–water partition coefficient (Wildman–Crippen LogP) is 4.03. The molecule has 2 rings (SSSR count). The van der Waals surface area contributed by atoms with E-state index in [4.69, 9.17) is 4.42 Å². The van der Waals surface area contributed by atoms with Crippen molar-refractivity contribution in [3.63, 3.8) is 0 Å². The average Bonchev–Trinajstić information content (AvgIpc) is 2.83. The molecule has 0 amide bonds. The van der Waals surface area contributed by atoms with E-state index >= 15 is 0 Å². The molecule has 0 saturated heterocycles. The van der Waals surface area contributed by atoms with Crippen molar-refractivity contribution in [1.29, 1.82) is 0 Å². The Labute approximate surface area is 128 Å². The number of benzene rings is 1. The van der Waals surface area contributed by atoms with Gasteiger partial charge in [0.05, 0.1) is 13.1 Å². The lowest BCUT2D eigenvalue weighted by atomic mass is 10.2. The lowest BCUT2D eigenvalue weighted by Crippen LogP contribution is -2.21. The summed E-state index contributed by atoms with van der Waals surface area (Å²) in [4.78, 5) is 2.33. The lowest BCUT2D eigenvalue weighted by molar-refractivity contribution is 0.444. The number of hydrogen-bond acceptors (Lipinski definition) is 3. The molecule has 1 N–H and O–H groups in total. The highest BCUT2D eigenvalue weighted by Crippen LogP contribution is 2.21. The molecule has 0 unspecified atom stereocenters. The van der Waals surface area contributed by atoms with Crippen molar-refractivity contribution in [1.82, 2.24) is 5.32 Å². The summed E-state index contributed by atoms with van der Waals surface area (Å²) in [6, 6.07) is 10.8. The van der Waals surface area contributed by atoms with Crippen LogP contribution in [0.1, 0.15) is 36.5 Å². The molecule has 3 nitrogen and oxygen atoms in total. The zero-order valence-corrected chi connectivity index (χ0v) is 13.6. The van der Waals surface area contributed by atoms with E-state index in [0.717, 1.165) is 37.7 Å². The van der Waals surface area contributed by atoms with Crippen molar-refractivity contribution < 1.29 is 4.42 Å². The largest absolute Gasteiger partial charge is 0.463 e. The monoisotopic (exact) mass is 286 g/mol. The van der Waals surface area contributed by atoms with Crippen molar-refractivity contribution in [3.05, 3.63) is 53.0 Å². The van der Waals surface area contributed by atoms with Gasteiger partial charge in [0, 0.05) is 12.2 Å². The minimum atomic E-state index is 0.805. The third-order valence-electron chi connectivity index (χ3n) is 3.73.